The maximum atomic E-state index is 5.37. The molecule has 0 rings (SSSR count). The van der Waals surface area contributed by atoms with Gasteiger partial charge in [-0.25, -0.2) is 0 Å². The summed E-state index contributed by atoms with van der Waals surface area (Å²) >= 11 is 0. The van der Waals surface area contributed by atoms with Crippen LogP contribution in [0.3, 0.4) is 0 Å². The Morgan fingerprint density at radius 1 is 1.40 bits per heavy atom. The minimum absolute atomic E-state index is 0.733. The van der Waals surface area contributed by atoms with Crippen LogP contribution < -0.4 is 5.73 Å². The van der Waals surface area contributed by atoms with Gasteiger partial charge < -0.3 is 5.73 Å². The molecule has 60 valence electrons. The molecule has 1 nitrogen and oxygen atoms in total. The first-order valence-corrected chi connectivity index (χ1v) is 4.14. The van der Waals surface area contributed by atoms with Crippen molar-refractivity contribution in [1.82, 2.24) is 0 Å². The molecule has 0 aromatic rings. The maximum Gasteiger partial charge on any atom is -0.00773 e. The topological polar surface area (TPSA) is 26.0 Å². The highest BCUT2D eigenvalue weighted by molar-refractivity contribution is 4.82. The van der Waals surface area contributed by atoms with E-state index in [2.05, 4.69) is 26.0 Å². The molecule has 10 heavy (non-hydrogen) atoms. The van der Waals surface area contributed by atoms with Gasteiger partial charge in [0, 0.05) is 0 Å². The number of hydrogen-bond acceptors (Lipinski definition) is 1. The van der Waals surface area contributed by atoms with Crippen molar-refractivity contribution < 1.29 is 0 Å². The molecule has 1 heteroatoms. The van der Waals surface area contributed by atoms with Gasteiger partial charge in [-0.2, -0.15) is 0 Å². The second-order valence-electron chi connectivity index (χ2n) is 2.79. The molecule has 0 fully saturated rings. The summed E-state index contributed by atoms with van der Waals surface area (Å²) in [7, 11) is 0. The molecule has 0 aliphatic carbocycles. The van der Waals surface area contributed by atoms with Gasteiger partial charge in [-0.05, 0) is 32.2 Å². The summed E-state index contributed by atoms with van der Waals surface area (Å²) in [5, 5.41) is 0. The van der Waals surface area contributed by atoms with Crippen LogP contribution in [0.25, 0.3) is 0 Å². The fourth-order valence-corrected chi connectivity index (χ4v) is 1.04. The Labute approximate surface area is 64.3 Å². The zero-order valence-electron chi connectivity index (χ0n) is 7.14. The van der Waals surface area contributed by atoms with E-state index in [0.717, 1.165) is 12.5 Å². The van der Waals surface area contributed by atoms with Crippen LogP contribution in [0, 0.1) is 5.92 Å². The second-order valence-corrected chi connectivity index (χ2v) is 2.79. The Bertz CT molecular complexity index is 86.7. The summed E-state index contributed by atoms with van der Waals surface area (Å²) in [4.78, 5) is 0. The molecular formula is C9H19N. The summed E-state index contributed by atoms with van der Waals surface area (Å²) in [5.41, 5.74) is 5.37. The lowest BCUT2D eigenvalue weighted by Crippen LogP contribution is -1.99. The van der Waals surface area contributed by atoms with Gasteiger partial charge in [0.25, 0.3) is 0 Å². The van der Waals surface area contributed by atoms with E-state index in [9.17, 15) is 0 Å². The van der Waals surface area contributed by atoms with Gasteiger partial charge in [0.1, 0.15) is 0 Å². The SMILES string of the molecule is CC=CC(C)CCCCN. The lowest BCUT2D eigenvalue weighted by atomic mass is 10.0. The van der Waals surface area contributed by atoms with Gasteiger partial charge >= 0.3 is 0 Å². The molecule has 0 saturated heterocycles. The predicted molar refractivity (Wildman–Crippen MR) is 46.9 cm³/mol. The Balaban J connectivity index is 3.13. The quantitative estimate of drug-likeness (QED) is 0.461. The normalized spacial score (nSPS) is 14.3. The summed E-state index contributed by atoms with van der Waals surface area (Å²) < 4.78 is 0. The smallest absolute Gasteiger partial charge is 0.00773 e. The molecule has 0 heterocycles. The van der Waals surface area contributed by atoms with Gasteiger partial charge in [-0.1, -0.05) is 25.5 Å². The van der Waals surface area contributed by atoms with Gasteiger partial charge in [0.15, 0.2) is 0 Å². The molecule has 1 unspecified atom stereocenters. The van der Waals surface area contributed by atoms with Crippen molar-refractivity contribution in [3.8, 4) is 0 Å². The molecule has 0 amide bonds. The number of rotatable bonds is 5. The van der Waals surface area contributed by atoms with Crippen LogP contribution in [0.4, 0.5) is 0 Å². The van der Waals surface area contributed by atoms with Crippen molar-refractivity contribution in [3.63, 3.8) is 0 Å². The Kier molecular flexibility index (Phi) is 6.61. The molecule has 0 bridgehead atoms. The Morgan fingerprint density at radius 3 is 2.60 bits per heavy atom. The van der Waals surface area contributed by atoms with Crippen LogP contribution in [0.5, 0.6) is 0 Å². The molecule has 0 aliphatic rings. The molecule has 0 aromatic carbocycles. The lowest BCUT2D eigenvalue weighted by molar-refractivity contribution is 0.585. The fraction of sp³-hybridized carbons (Fsp3) is 0.778. The van der Waals surface area contributed by atoms with E-state index in [1.165, 1.54) is 19.3 Å². The van der Waals surface area contributed by atoms with E-state index in [1.807, 2.05) is 0 Å². The van der Waals surface area contributed by atoms with E-state index in [-0.39, 0.29) is 0 Å². The summed E-state index contributed by atoms with van der Waals surface area (Å²) in [6, 6.07) is 0. The van der Waals surface area contributed by atoms with Crippen molar-refractivity contribution in [2.75, 3.05) is 6.54 Å². The monoisotopic (exact) mass is 141 g/mol. The van der Waals surface area contributed by atoms with Crippen LogP contribution in [0.1, 0.15) is 33.1 Å². The molecule has 0 aliphatic heterocycles. The minimum atomic E-state index is 0.733. The number of hydrogen-bond donors (Lipinski definition) is 1. The average molecular weight is 141 g/mol. The molecule has 2 N–H and O–H groups in total. The molecular weight excluding hydrogens is 122 g/mol. The van der Waals surface area contributed by atoms with Crippen molar-refractivity contribution in [2.45, 2.75) is 33.1 Å². The summed E-state index contributed by atoms with van der Waals surface area (Å²) in [6.45, 7) is 5.15. The van der Waals surface area contributed by atoms with Crippen LogP contribution in [0.15, 0.2) is 12.2 Å². The highest BCUT2D eigenvalue weighted by Gasteiger charge is 1.94. The fourth-order valence-electron chi connectivity index (χ4n) is 1.04. The number of nitrogens with two attached hydrogens (primary N) is 1. The molecule has 0 spiro atoms. The van der Waals surface area contributed by atoms with E-state index in [0.29, 0.717) is 0 Å². The number of allylic oxidation sites excluding steroid dienone is 2. The van der Waals surface area contributed by atoms with Crippen molar-refractivity contribution >= 4 is 0 Å². The van der Waals surface area contributed by atoms with Crippen LogP contribution in [-0.4, -0.2) is 6.54 Å². The van der Waals surface area contributed by atoms with Crippen LogP contribution in [-0.2, 0) is 0 Å². The van der Waals surface area contributed by atoms with Crippen LogP contribution in [0.2, 0.25) is 0 Å². The average Bonchev–Trinajstić information content (AvgIpc) is 1.89. The Morgan fingerprint density at radius 2 is 2.10 bits per heavy atom. The zero-order chi connectivity index (χ0) is 7.82. The highest BCUT2D eigenvalue weighted by atomic mass is 14.5. The van der Waals surface area contributed by atoms with Crippen molar-refractivity contribution in [3.05, 3.63) is 12.2 Å². The third kappa shape index (κ3) is 5.83. The molecule has 0 radical (unpaired) electrons. The van der Waals surface area contributed by atoms with E-state index in [4.69, 9.17) is 5.73 Å². The van der Waals surface area contributed by atoms with Gasteiger partial charge in [0.05, 0.1) is 0 Å². The van der Waals surface area contributed by atoms with Crippen molar-refractivity contribution in [1.29, 1.82) is 0 Å². The number of unbranched alkanes of at least 4 members (excludes halogenated alkanes) is 1. The Hall–Kier alpha value is -0.300. The first-order valence-electron chi connectivity index (χ1n) is 4.14. The summed E-state index contributed by atoms with van der Waals surface area (Å²) in [6.07, 6.45) is 8.08. The zero-order valence-corrected chi connectivity index (χ0v) is 7.14. The van der Waals surface area contributed by atoms with E-state index < -0.39 is 0 Å². The van der Waals surface area contributed by atoms with Crippen molar-refractivity contribution in [2.24, 2.45) is 11.7 Å². The largest absolute Gasteiger partial charge is 0.330 e. The first kappa shape index (κ1) is 9.70. The van der Waals surface area contributed by atoms with Crippen LogP contribution >= 0.6 is 0 Å². The lowest BCUT2D eigenvalue weighted by Gasteiger charge is -2.03. The van der Waals surface area contributed by atoms with E-state index >= 15 is 0 Å². The highest BCUT2D eigenvalue weighted by Crippen LogP contribution is 2.07. The van der Waals surface area contributed by atoms with Gasteiger partial charge in [-0.15, -0.1) is 0 Å². The molecule has 1 atom stereocenters. The van der Waals surface area contributed by atoms with Gasteiger partial charge in [-0.3, -0.25) is 0 Å². The van der Waals surface area contributed by atoms with E-state index in [1.54, 1.807) is 0 Å². The first-order chi connectivity index (χ1) is 4.81. The van der Waals surface area contributed by atoms with Gasteiger partial charge in [0.2, 0.25) is 0 Å². The third-order valence-electron chi connectivity index (χ3n) is 1.63. The standard InChI is InChI=1S/C9H19N/c1-3-6-9(2)7-4-5-8-10/h3,6,9H,4-5,7-8,10H2,1-2H3. The molecule has 0 saturated carbocycles. The minimum Gasteiger partial charge on any atom is -0.330 e. The second kappa shape index (κ2) is 6.81. The predicted octanol–water partition coefficient (Wildman–Crippen LogP) is 2.33. The maximum absolute atomic E-state index is 5.37. The third-order valence-corrected chi connectivity index (χ3v) is 1.63. The molecule has 0 aromatic heterocycles. The summed E-state index contributed by atoms with van der Waals surface area (Å²) in [5.74, 6) is 0.733.